The molecule has 0 amide bonds. The number of hydrogen-bond donors (Lipinski definition) is 1. The summed E-state index contributed by atoms with van der Waals surface area (Å²) >= 11 is 0. The van der Waals surface area contributed by atoms with Crippen LogP contribution in [0, 0.1) is 6.92 Å². The van der Waals surface area contributed by atoms with Crippen molar-refractivity contribution in [2.45, 2.75) is 39.8 Å². The van der Waals surface area contributed by atoms with Gasteiger partial charge in [-0.3, -0.25) is 0 Å². The van der Waals surface area contributed by atoms with Crippen molar-refractivity contribution in [3.63, 3.8) is 0 Å². The van der Waals surface area contributed by atoms with E-state index < -0.39 is 6.36 Å². The van der Waals surface area contributed by atoms with E-state index in [0.29, 0.717) is 28.1 Å². The normalized spacial score (nSPS) is 11.5. The van der Waals surface area contributed by atoms with E-state index in [2.05, 4.69) is 19.7 Å². The topological polar surface area (TPSA) is 99.7 Å². The third-order valence-electron chi connectivity index (χ3n) is 4.79. The fourth-order valence-electron chi connectivity index (χ4n) is 3.20. The Morgan fingerprint density at radius 1 is 0.972 bits per heavy atom. The zero-order valence-corrected chi connectivity index (χ0v) is 19.5. The molecule has 2 aromatic carbocycles. The van der Waals surface area contributed by atoms with E-state index in [9.17, 15) is 18.3 Å². The first-order chi connectivity index (χ1) is 17.1. The van der Waals surface area contributed by atoms with Crippen molar-refractivity contribution in [1.82, 2.24) is 15.0 Å². The number of hydrogen-bond acceptors (Lipinski definition) is 8. The van der Waals surface area contributed by atoms with Gasteiger partial charge in [-0.25, -0.2) is 15.0 Å². The predicted octanol–water partition coefficient (Wildman–Crippen LogP) is 6.08. The molecule has 11 heteroatoms. The Kier molecular flexibility index (Phi) is 7.00. The molecule has 8 nitrogen and oxygen atoms in total. The van der Waals surface area contributed by atoms with Gasteiger partial charge in [-0.15, -0.1) is 13.2 Å². The maximum atomic E-state index is 12.5. The summed E-state index contributed by atoms with van der Waals surface area (Å²) in [6.07, 6.45) is -1.88. The van der Waals surface area contributed by atoms with Crippen molar-refractivity contribution < 1.29 is 36.9 Å². The van der Waals surface area contributed by atoms with Gasteiger partial charge in [-0.1, -0.05) is 0 Å². The Labute approximate surface area is 204 Å². The minimum atomic E-state index is -4.80. The van der Waals surface area contributed by atoms with Gasteiger partial charge in [0.05, 0.1) is 6.10 Å². The summed E-state index contributed by atoms with van der Waals surface area (Å²) in [6.45, 7) is 5.40. The maximum Gasteiger partial charge on any atom is 0.573 e. The minimum Gasteiger partial charge on any atom is -0.508 e. The van der Waals surface area contributed by atoms with Crippen LogP contribution < -0.4 is 14.2 Å². The van der Waals surface area contributed by atoms with Crippen molar-refractivity contribution in [3.05, 3.63) is 66.3 Å². The Balaban J connectivity index is 1.65. The molecule has 0 aliphatic rings. The van der Waals surface area contributed by atoms with Crippen LogP contribution in [0.1, 0.15) is 25.3 Å². The lowest BCUT2D eigenvalue weighted by atomic mass is 10.1. The first-order valence-electron chi connectivity index (χ1n) is 10.8. The highest BCUT2D eigenvalue weighted by molar-refractivity contribution is 5.76. The first-order valence-corrected chi connectivity index (χ1v) is 10.8. The summed E-state index contributed by atoms with van der Waals surface area (Å²) in [7, 11) is 0. The van der Waals surface area contributed by atoms with E-state index in [1.165, 1.54) is 42.7 Å². The highest BCUT2D eigenvalue weighted by atomic mass is 19.4. The van der Waals surface area contributed by atoms with E-state index in [-0.39, 0.29) is 41.9 Å². The highest BCUT2D eigenvalue weighted by Gasteiger charge is 2.31. The number of ether oxygens (including phenoxy) is 3. The quantitative estimate of drug-likeness (QED) is 0.310. The number of halogens is 3. The van der Waals surface area contributed by atoms with E-state index >= 15 is 0 Å². The third-order valence-corrected chi connectivity index (χ3v) is 4.79. The van der Waals surface area contributed by atoms with Gasteiger partial charge >= 0.3 is 12.4 Å². The molecule has 4 aromatic rings. The molecule has 36 heavy (non-hydrogen) atoms. The van der Waals surface area contributed by atoms with Crippen molar-refractivity contribution in [1.29, 1.82) is 0 Å². The van der Waals surface area contributed by atoms with Crippen LogP contribution >= 0.6 is 0 Å². The molecule has 0 bridgehead atoms. The van der Waals surface area contributed by atoms with Crippen molar-refractivity contribution >= 4 is 0 Å². The van der Waals surface area contributed by atoms with Crippen LogP contribution in [0.3, 0.4) is 0 Å². The third kappa shape index (κ3) is 6.23. The van der Waals surface area contributed by atoms with Crippen LogP contribution in [-0.4, -0.2) is 32.5 Å². The molecule has 0 saturated carbocycles. The summed E-state index contributed by atoms with van der Waals surface area (Å²) in [5.74, 6) is 0.779. The van der Waals surface area contributed by atoms with Crippen LogP contribution in [0.5, 0.6) is 23.3 Å². The van der Waals surface area contributed by atoms with Gasteiger partial charge in [0.25, 0.3) is 0 Å². The number of nitrogens with zero attached hydrogens (tertiary/aromatic N) is 3. The second kappa shape index (κ2) is 10.1. The van der Waals surface area contributed by atoms with E-state index in [1.54, 1.807) is 19.1 Å². The molecular formula is C25H22F3N3O5. The van der Waals surface area contributed by atoms with Gasteiger partial charge in [0, 0.05) is 23.5 Å². The molecule has 1 N–H and O–H groups in total. The Morgan fingerprint density at radius 3 is 2.25 bits per heavy atom. The van der Waals surface area contributed by atoms with Crippen LogP contribution in [0.2, 0.25) is 0 Å². The SMILES string of the molecule is Cc1cc(OCc2nc(-c3cnc(OC(C)C)nc3)c(-c3ccc(OC(F)(F)F)cc3)o2)ccc1O. The zero-order valence-electron chi connectivity index (χ0n) is 19.5. The Hall–Kier alpha value is -4.28. The number of aromatic nitrogens is 3. The smallest absolute Gasteiger partial charge is 0.508 e. The van der Waals surface area contributed by atoms with Crippen molar-refractivity contribution in [3.8, 4) is 45.8 Å². The predicted molar refractivity (Wildman–Crippen MR) is 123 cm³/mol. The summed E-state index contributed by atoms with van der Waals surface area (Å²) in [5, 5.41) is 9.69. The minimum absolute atomic E-state index is 0.0398. The zero-order chi connectivity index (χ0) is 25.9. The average molecular weight is 501 g/mol. The summed E-state index contributed by atoms with van der Waals surface area (Å²) in [6, 6.07) is 10.2. The van der Waals surface area contributed by atoms with E-state index in [0.717, 1.165) is 0 Å². The number of oxazole rings is 1. The number of benzene rings is 2. The number of alkyl halides is 3. The molecule has 2 heterocycles. The van der Waals surface area contributed by atoms with Gasteiger partial charge in [0.2, 0.25) is 5.89 Å². The lowest BCUT2D eigenvalue weighted by molar-refractivity contribution is -0.274. The number of aromatic hydroxyl groups is 1. The van der Waals surface area contributed by atoms with Gasteiger partial charge in [0.15, 0.2) is 12.4 Å². The summed E-state index contributed by atoms with van der Waals surface area (Å²) in [5.41, 5.74) is 1.98. The van der Waals surface area contributed by atoms with Crippen LogP contribution in [0.25, 0.3) is 22.6 Å². The molecule has 0 unspecified atom stereocenters. The molecule has 4 rings (SSSR count). The van der Waals surface area contributed by atoms with Crippen LogP contribution in [0.4, 0.5) is 13.2 Å². The molecule has 188 valence electrons. The fraction of sp³-hybridized carbons (Fsp3) is 0.240. The molecule has 0 atom stereocenters. The number of aryl methyl sites for hydroxylation is 1. The standard InChI is InChI=1S/C25H22F3N3O5/c1-14(2)34-24-29-11-17(12-30-24)22-23(16-4-6-18(7-5-16)36-25(26,27)28)35-21(31-22)13-33-19-8-9-20(32)15(3)10-19/h4-12,14,32H,13H2,1-3H3. The molecule has 2 aromatic heterocycles. The highest BCUT2D eigenvalue weighted by Crippen LogP contribution is 2.34. The summed E-state index contributed by atoms with van der Waals surface area (Å²) in [4.78, 5) is 12.9. The molecule has 0 aliphatic heterocycles. The first kappa shape index (κ1) is 24.8. The lowest BCUT2D eigenvalue weighted by Crippen LogP contribution is -2.16. The van der Waals surface area contributed by atoms with Crippen molar-refractivity contribution in [2.75, 3.05) is 0 Å². The summed E-state index contributed by atoms with van der Waals surface area (Å²) < 4.78 is 58.7. The second-order valence-electron chi connectivity index (χ2n) is 8.02. The fourth-order valence-corrected chi connectivity index (χ4v) is 3.20. The van der Waals surface area contributed by atoms with Crippen LogP contribution in [0.15, 0.2) is 59.3 Å². The molecule has 0 spiro atoms. The maximum absolute atomic E-state index is 12.5. The monoisotopic (exact) mass is 501 g/mol. The average Bonchev–Trinajstić information content (AvgIpc) is 3.24. The van der Waals surface area contributed by atoms with Gasteiger partial charge in [0.1, 0.15) is 22.9 Å². The molecular weight excluding hydrogens is 479 g/mol. The molecule has 0 radical (unpaired) electrons. The number of rotatable bonds is 8. The number of phenolic OH excluding ortho intramolecular Hbond substituents is 1. The van der Waals surface area contributed by atoms with E-state index in [1.807, 2.05) is 13.8 Å². The Morgan fingerprint density at radius 2 is 1.64 bits per heavy atom. The Bertz CT molecular complexity index is 1320. The van der Waals surface area contributed by atoms with E-state index in [4.69, 9.17) is 13.9 Å². The largest absolute Gasteiger partial charge is 0.573 e. The molecule has 0 aliphatic carbocycles. The van der Waals surface area contributed by atoms with Gasteiger partial charge < -0.3 is 23.7 Å². The van der Waals surface area contributed by atoms with Crippen LogP contribution in [-0.2, 0) is 6.61 Å². The molecule has 0 fully saturated rings. The number of phenols is 1. The van der Waals surface area contributed by atoms with Crippen molar-refractivity contribution in [2.24, 2.45) is 0 Å². The molecule has 0 saturated heterocycles. The van der Waals surface area contributed by atoms with Gasteiger partial charge in [-0.2, -0.15) is 0 Å². The lowest BCUT2D eigenvalue weighted by Gasteiger charge is -2.09. The van der Waals surface area contributed by atoms with Gasteiger partial charge in [-0.05, 0) is 68.8 Å². The second-order valence-corrected chi connectivity index (χ2v) is 8.02.